The maximum absolute atomic E-state index is 14.2. The number of carbonyl (C=O) groups is 4. The monoisotopic (exact) mass is 1020 g/mol. The zero-order chi connectivity index (χ0) is 52.3. The molecule has 0 saturated heterocycles. The van der Waals surface area contributed by atoms with Crippen LogP contribution in [0.4, 0.5) is 4.79 Å². The van der Waals surface area contributed by atoms with Crippen molar-refractivity contribution in [2.24, 2.45) is 0 Å². The summed E-state index contributed by atoms with van der Waals surface area (Å²) >= 11 is 0. The standard InChI is InChI=1S/C60H61N3O12/c1-38(62-59(67)75-37-49-47-19-11-9-17-45(47)46-18-10-12-20-48(46)49)56(64)63-60(3,58(66)61-39(2)57(65)68-4)36-40-21-24-50-53(35-40)74-34-30-70-29-33-73-52-26-23-42-14-6-8-16-44(42)55(52)54-43-15-7-5-13-41(43)22-25-51(54)72-32-28-69-27-31-71-50/h5-26,35,38-39,49H,27-34,36-37H2,1-4H3,(H,61,66)(H,62,67)(H,63,64)/t38-,39-,60-/m0/s1. The smallest absolute Gasteiger partial charge is 0.407 e. The van der Waals surface area contributed by atoms with Gasteiger partial charge in [-0.05, 0) is 94.4 Å². The average molecular weight is 1020 g/mol. The van der Waals surface area contributed by atoms with Crippen LogP contribution in [0.3, 0.4) is 0 Å². The van der Waals surface area contributed by atoms with Crippen molar-refractivity contribution in [3.05, 3.63) is 156 Å². The summed E-state index contributed by atoms with van der Waals surface area (Å²) in [4.78, 5) is 53.8. The van der Waals surface area contributed by atoms with Crippen LogP contribution in [0, 0.1) is 0 Å². The number of methoxy groups -OCH3 is 1. The fourth-order valence-corrected chi connectivity index (χ4v) is 9.64. The van der Waals surface area contributed by atoms with Gasteiger partial charge < -0.3 is 53.8 Å². The number of ether oxygens (including phenoxy) is 8. The molecule has 9 rings (SSSR count). The van der Waals surface area contributed by atoms with Crippen molar-refractivity contribution in [2.75, 3.05) is 66.6 Å². The molecule has 0 aromatic heterocycles. The molecule has 3 amide bonds. The second kappa shape index (κ2) is 23.8. The Morgan fingerprint density at radius 2 is 1.07 bits per heavy atom. The number of hydrogen-bond donors (Lipinski definition) is 3. The van der Waals surface area contributed by atoms with Gasteiger partial charge in [-0.15, -0.1) is 0 Å². The van der Waals surface area contributed by atoms with Crippen LogP contribution < -0.4 is 34.9 Å². The first-order valence-corrected chi connectivity index (χ1v) is 25.2. The molecular formula is C60H61N3O12. The van der Waals surface area contributed by atoms with Gasteiger partial charge in [-0.3, -0.25) is 9.59 Å². The quantitative estimate of drug-likeness (QED) is 0.111. The molecule has 1 aliphatic heterocycles. The van der Waals surface area contributed by atoms with Crippen LogP contribution in [0.25, 0.3) is 43.8 Å². The van der Waals surface area contributed by atoms with Crippen molar-refractivity contribution in [3.8, 4) is 45.3 Å². The molecule has 0 fully saturated rings. The summed E-state index contributed by atoms with van der Waals surface area (Å²) < 4.78 is 48.1. The Morgan fingerprint density at radius 1 is 0.573 bits per heavy atom. The minimum absolute atomic E-state index is 0.0483. The summed E-state index contributed by atoms with van der Waals surface area (Å²) in [7, 11) is 1.22. The number of amides is 3. The topological polar surface area (TPSA) is 178 Å². The van der Waals surface area contributed by atoms with E-state index in [4.69, 9.17) is 37.9 Å². The molecule has 75 heavy (non-hydrogen) atoms. The molecule has 388 valence electrons. The Balaban J connectivity index is 0.886. The zero-order valence-electron chi connectivity index (χ0n) is 42.5. The Morgan fingerprint density at radius 3 is 1.63 bits per heavy atom. The highest BCUT2D eigenvalue weighted by atomic mass is 16.6. The minimum Gasteiger partial charge on any atom is -0.491 e. The lowest BCUT2D eigenvalue weighted by Gasteiger charge is -2.32. The molecule has 0 spiro atoms. The van der Waals surface area contributed by atoms with Crippen molar-refractivity contribution >= 4 is 45.4 Å². The van der Waals surface area contributed by atoms with E-state index in [2.05, 4.69) is 46.3 Å². The van der Waals surface area contributed by atoms with E-state index in [-0.39, 0.29) is 71.8 Å². The first kappa shape index (κ1) is 51.7. The van der Waals surface area contributed by atoms with E-state index >= 15 is 0 Å². The van der Waals surface area contributed by atoms with Crippen LogP contribution in [0.1, 0.15) is 43.4 Å². The number of fused-ring (bicyclic) bond motifs is 11. The summed E-state index contributed by atoms with van der Waals surface area (Å²) in [5.41, 5.74) is 5.02. The number of rotatable bonds is 10. The third-order valence-corrected chi connectivity index (χ3v) is 13.4. The van der Waals surface area contributed by atoms with Gasteiger partial charge in [-0.25, -0.2) is 9.59 Å². The van der Waals surface area contributed by atoms with E-state index in [0.29, 0.717) is 28.6 Å². The van der Waals surface area contributed by atoms with Gasteiger partial charge in [0.25, 0.3) is 0 Å². The molecule has 7 aromatic carbocycles. The molecule has 15 nitrogen and oxygen atoms in total. The second-order valence-electron chi connectivity index (χ2n) is 18.6. The molecular weight excluding hydrogens is 955 g/mol. The van der Waals surface area contributed by atoms with Gasteiger partial charge in [0.05, 0.1) is 33.5 Å². The maximum atomic E-state index is 14.2. The molecule has 0 radical (unpaired) electrons. The number of nitrogens with one attached hydrogen (secondary N) is 3. The molecule has 0 bridgehead atoms. The molecule has 1 aliphatic carbocycles. The summed E-state index contributed by atoms with van der Waals surface area (Å²) in [5, 5.41) is 12.3. The summed E-state index contributed by atoms with van der Waals surface area (Å²) in [6.45, 7) is 6.40. The molecule has 0 unspecified atom stereocenters. The number of carbonyl (C=O) groups excluding carboxylic acids is 4. The molecule has 3 N–H and O–H groups in total. The van der Waals surface area contributed by atoms with E-state index in [1.54, 1.807) is 18.2 Å². The van der Waals surface area contributed by atoms with Gasteiger partial charge in [0.15, 0.2) is 11.5 Å². The second-order valence-corrected chi connectivity index (χ2v) is 18.6. The van der Waals surface area contributed by atoms with E-state index in [1.165, 1.54) is 27.9 Å². The fraction of sp³-hybridized carbons (Fsp3) is 0.300. The Labute approximate surface area is 435 Å². The van der Waals surface area contributed by atoms with Gasteiger partial charge >= 0.3 is 12.1 Å². The highest BCUT2D eigenvalue weighted by Gasteiger charge is 2.39. The van der Waals surface area contributed by atoms with Crippen LogP contribution in [-0.2, 0) is 39.8 Å². The average Bonchev–Trinajstić information content (AvgIpc) is 3.75. The summed E-state index contributed by atoms with van der Waals surface area (Å²) in [5.74, 6) is -0.0363. The fourth-order valence-electron chi connectivity index (χ4n) is 9.64. The molecule has 1 heterocycles. The molecule has 15 heteroatoms. The van der Waals surface area contributed by atoms with Crippen LogP contribution in [0.5, 0.6) is 23.0 Å². The van der Waals surface area contributed by atoms with Crippen LogP contribution in [0.2, 0.25) is 0 Å². The molecule has 0 saturated carbocycles. The number of alkyl carbamates (subject to hydrolysis) is 1. The molecule has 7 aromatic rings. The Bertz CT molecular complexity index is 3150. The van der Waals surface area contributed by atoms with Crippen LogP contribution in [0.15, 0.2) is 140 Å². The minimum atomic E-state index is -1.67. The Hall–Kier alpha value is -8.14. The normalized spacial score (nSPS) is 15.6. The van der Waals surface area contributed by atoms with E-state index in [9.17, 15) is 19.2 Å². The maximum Gasteiger partial charge on any atom is 0.407 e. The van der Waals surface area contributed by atoms with Crippen molar-refractivity contribution in [3.63, 3.8) is 0 Å². The zero-order valence-corrected chi connectivity index (χ0v) is 42.5. The van der Waals surface area contributed by atoms with Crippen molar-refractivity contribution < 1.29 is 57.1 Å². The lowest BCUT2D eigenvalue weighted by atomic mass is 9.90. The lowest BCUT2D eigenvalue weighted by Crippen LogP contribution is -2.62. The van der Waals surface area contributed by atoms with Crippen LogP contribution >= 0.6 is 0 Å². The van der Waals surface area contributed by atoms with Gasteiger partial charge in [0.1, 0.15) is 62.2 Å². The van der Waals surface area contributed by atoms with Gasteiger partial charge in [0, 0.05) is 23.5 Å². The van der Waals surface area contributed by atoms with Crippen LogP contribution in [-0.4, -0.2) is 108 Å². The van der Waals surface area contributed by atoms with Crippen molar-refractivity contribution in [1.82, 2.24) is 16.0 Å². The Kier molecular flexibility index (Phi) is 16.4. The third-order valence-electron chi connectivity index (χ3n) is 13.4. The van der Waals surface area contributed by atoms with Gasteiger partial charge in [-0.2, -0.15) is 0 Å². The van der Waals surface area contributed by atoms with E-state index in [0.717, 1.165) is 54.9 Å². The summed E-state index contributed by atoms with van der Waals surface area (Å²) in [6.07, 6.45) is -0.871. The molecule has 2 aliphatic rings. The summed E-state index contributed by atoms with van der Waals surface area (Å²) in [6, 6.07) is 43.5. The number of esters is 1. The highest BCUT2D eigenvalue weighted by molar-refractivity contribution is 6.09. The number of hydrogen-bond acceptors (Lipinski definition) is 12. The highest BCUT2D eigenvalue weighted by Crippen LogP contribution is 2.46. The first-order valence-electron chi connectivity index (χ1n) is 25.2. The van der Waals surface area contributed by atoms with E-state index in [1.807, 2.05) is 91.0 Å². The molecule has 3 atom stereocenters. The van der Waals surface area contributed by atoms with Crippen molar-refractivity contribution in [2.45, 2.75) is 50.7 Å². The first-order chi connectivity index (χ1) is 36.5. The number of benzene rings is 7. The largest absolute Gasteiger partial charge is 0.491 e. The third kappa shape index (κ3) is 12.0. The lowest BCUT2D eigenvalue weighted by molar-refractivity contribution is -0.145. The SMILES string of the molecule is COC(=O)[C@H](C)NC(=O)[C@](C)(Cc1ccc2c(c1)OCCOCCOc1ccc3ccccc3c1-c1c(ccc3ccccc13)OCCOCCO2)NC(=O)[C@H](C)NC(=O)OCC1c2ccccc2-c2ccccc21. The predicted molar refractivity (Wildman–Crippen MR) is 284 cm³/mol. The van der Waals surface area contributed by atoms with Gasteiger partial charge in [0.2, 0.25) is 11.8 Å². The van der Waals surface area contributed by atoms with Gasteiger partial charge in [-0.1, -0.05) is 115 Å². The van der Waals surface area contributed by atoms with Crippen molar-refractivity contribution in [1.29, 1.82) is 0 Å². The predicted octanol–water partition coefficient (Wildman–Crippen LogP) is 8.94. The van der Waals surface area contributed by atoms with E-state index < -0.39 is 41.5 Å².